The summed E-state index contributed by atoms with van der Waals surface area (Å²) in [7, 11) is 0. The Bertz CT molecular complexity index is 422. The predicted molar refractivity (Wildman–Crippen MR) is 79.3 cm³/mol. The largest absolute Gasteiger partial charge is 0.352 e. The highest BCUT2D eigenvalue weighted by molar-refractivity contribution is 5.83. The van der Waals surface area contributed by atoms with Gasteiger partial charge in [0.05, 0.1) is 5.41 Å². The molecular formula is C17H28N2O. The third-order valence-electron chi connectivity index (χ3n) is 6.50. The van der Waals surface area contributed by atoms with E-state index in [-0.39, 0.29) is 5.41 Å². The van der Waals surface area contributed by atoms with Gasteiger partial charge in [-0.05, 0) is 68.2 Å². The number of rotatable bonds is 2. The summed E-state index contributed by atoms with van der Waals surface area (Å²) in [5.41, 5.74) is 0.824. The number of nitrogens with one attached hydrogen (secondary N) is 2. The van der Waals surface area contributed by atoms with Gasteiger partial charge in [0.1, 0.15) is 0 Å². The fourth-order valence-electron chi connectivity index (χ4n) is 6.82. The van der Waals surface area contributed by atoms with Crippen molar-refractivity contribution in [3.8, 4) is 0 Å². The summed E-state index contributed by atoms with van der Waals surface area (Å²) in [5, 5.41) is 6.72. The summed E-state index contributed by atoms with van der Waals surface area (Å²) >= 11 is 0. The molecule has 20 heavy (non-hydrogen) atoms. The van der Waals surface area contributed by atoms with E-state index in [2.05, 4.69) is 24.5 Å². The maximum Gasteiger partial charge on any atom is 0.226 e. The maximum atomic E-state index is 13.0. The molecule has 112 valence electrons. The first-order valence-electron chi connectivity index (χ1n) is 8.42. The zero-order valence-electron chi connectivity index (χ0n) is 12.9. The zero-order valence-corrected chi connectivity index (χ0v) is 12.9. The monoisotopic (exact) mass is 276 g/mol. The van der Waals surface area contributed by atoms with Crippen LogP contribution in [0.4, 0.5) is 0 Å². The third kappa shape index (κ3) is 1.93. The highest BCUT2D eigenvalue weighted by Gasteiger charge is 2.62. The molecule has 1 aliphatic heterocycles. The van der Waals surface area contributed by atoms with Gasteiger partial charge < -0.3 is 10.6 Å². The molecule has 1 saturated heterocycles. The first-order valence-corrected chi connectivity index (χ1v) is 8.42. The lowest BCUT2D eigenvalue weighted by Crippen LogP contribution is -2.60. The van der Waals surface area contributed by atoms with E-state index in [0.717, 1.165) is 44.7 Å². The Balaban J connectivity index is 1.58. The Kier molecular flexibility index (Phi) is 2.62. The molecule has 3 atom stereocenters. The average Bonchev–Trinajstić information content (AvgIpc) is 2.76. The molecule has 2 N–H and O–H groups in total. The van der Waals surface area contributed by atoms with Crippen molar-refractivity contribution >= 4 is 5.91 Å². The van der Waals surface area contributed by atoms with Gasteiger partial charge in [0, 0.05) is 12.6 Å². The Morgan fingerprint density at radius 1 is 1.10 bits per heavy atom. The molecule has 4 saturated carbocycles. The highest BCUT2D eigenvalue weighted by Crippen LogP contribution is 2.69. The molecule has 0 radical (unpaired) electrons. The predicted octanol–water partition coefficient (Wildman–Crippen LogP) is 2.46. The van der Waals surface area contributed by atoms with E-state index in [1.165, 1.54) is 19.3 Å². The van der Waals surface area contributed by atoms with Crippen molar-refractivity contribution in [3.05, 3.63) is 0 Å². The van der Waals surface area contributed by atoms with Crippen molar-refractivity contribution < 1.29 is 4.79 Å². The van der Waals surface area contributed by atoms with Gasteiger partial charge in [-0.1, -0.05) is 13.8 Å². The van der Waals surface area contributed by atoms with Crippen LogP contribution >= 0.6 is 0 Å². The molecule has 5 fully saturated rings. The molecule has 1 heterocycles. The van der Waals surface area contributed by atoms with Crippen molar-refractivity contribution in [3.63, 3.8) is 0 Å². The molecule has 2 unspecified atom stereocenters. The van der Waals surface area contributed by atoms with E-state index in [1.54, 1.807) is 0 Å². The smallest absolute Gasteiger partial charge is 0.226 e. The van der Waals surface area contributed by atoms with Gasteiger partial charge in [-0.3, -0.25) is 4.79 Å². The third-order valence-corrected chi connectivity index (χ3v) is 6.50. The van der Waals surface area contributed by atoms with Crippen LogP contribution in [0.15, 0.2) is 0 Å². The molecule has 3 heteroatoms. The zero-order chi connectivity index (χ0) is 14.0. The molecule has 5 aliphatic rings. The van der Waals surface area contributed by atoms with Crippen LogP contribution in [0.25, 0.3) is 0 Å². The topological polar surface area (TPSA) is 41.1 Å². The van der Waals surface area contributed by atoms with E-state index in [4.69, 9.17) is 0 Å². The second-order valence-corrected chi connectivity index (χ2v) is 9.07. The molecular weight excluding hydrogens is 248 g/mol. The fraction of sp³-hybridized carbons (Fsp3) is 0.941. The van der Waals surface area contributed by atoms with Crippen molar-refractivity contribution in [1.29, 1.82) is 0 Å². The van der Waals surface area contributed by atoms with Crippen LogP contribution in [-0.4, -0.2) is 25.0 Å². The van der Waals surface area contributed by atoms with Gasteiger partial charge >= 0.3 is 0 Å². The Hall–Kier alpha value is -0.570. The molecule has 0 aromatic heterocycles. The molecule has 4 bridgehead atoms. The lowest BCUT2D eigenvalue weighted by molar-refractivity contribution is -0.170. The average molecular weight is 276 g/mol. The van der Waals surface area contributed by atoms with E-state index >= 15 is 0 Å². The highest BCUT2D eigenvalue weighted by atomic mass is 16.2. The number of carbonyl (C=O) groups excluding carboxylic acids is 1. The minimum atomic E-state index is -0.0362. The van der Waals surface area contributed by atoms with E-state index in [0.29, 0.717) is 22.8 Å². The van der Waals surface area contributed by atoms with Gasteiger partial charge in [-0.25, -0.2) is 0 Å². The summed E-state index contributed by atoms with van der Waals surface area (Å²) in [6.45, 7) is 6.89. The summed E-state index contributed by atoms with van der Waals surface area (Å²) in [6.07, 6.45) is 8.60. The standard InChI is InChI=1S/C17H28N2O/c1-15-5-12-6-16(2,9-15)11-17(7-12,10-15)14(20)19-13-3-4-18-8-13/h12-13,18H,3-11H2,1-2H3,(H,19,20)/t12?,13-,15?,16?,17?/m0/s1. The molecule has 4 aliphatic carbocycles. The van der Waals surface area contributed by atoms with E-state index in [9.17, 15) is 4.79 Å². The molecule has 0 aromatic carbocycles. The number of hydrogen-bond acceptors (Lipinski definition) is 2. The Labute approximate surface area is 122 Å². The number of carbonyl (C=O) groups is 1. The molecule has 0 spiro atoms. The van der Waals surface area contributed by atoms with Crippen LogP contribution in [0.5, 0.6) is 0 Å². The van der Waals surface area contributed by atoms with Crippen molar-refractivity contribution in [2.45, 2.75) is 64.8 Å². The number of hydrogen-bond donors (Lipinski definition) is 2. The van der Waals surface area contributed by atoms with Crippen LogP contribution < -0.4 is 10.6 Å². The molecule has 0 aromatic rings. The summed E-state index contributed by atoms with van der Waals surface area (Å²) in [6, 6.07) is 0.371. The van der Waals surface area contributed by atoms with Crippen molar-refractivity contribution in [1.82, 2.24) is 10.6 Å². The molecule has 3 nitrogen and oxygen atoms in total. The van der Waals surface area contributed by atoms with Gasteiger partial charge in [-0.2, -0.15) is 0 Å². The molecule has 1 amide bonds. The first kappa shape index (κ1) is 13.1. The fourth-order valence-corrected chi connectivity index (χ4v) is 6.82. The summed E-state index contributed by atoms with van der Waals surface area (Å²) in [5.74, 6) is 1.18. The van der Waals surface area contributed by atoms with Gasteiger partial charge in [-0.15, -0.1) is 0 Å². The lowest BCUT2D eigenvalue weighted by atomic mass is 9.40. The van der Waals surface area contributed by atoms with Crippen LogP contribution in [0.3, 0.4) is 0 Å². The SMILES string of the molecule is CC12CC3CC(C)(C1)CC(C(=O)N[C@H]1CCNC1)(C3)C2. The van der Waals surface area contributed by atoms with Gasteiger partial charge in [0.2, 0.25) is 5.91 Å². The maximum absolute atomic E-state index is 13.0. The minimum Gasteiger partial charge on any atom is -0.352 e. The van der Waals surface area contributed by atoms with E-state index < -0.39 is 0 Å². The van der Waals surface area contributed by atoms with Crippen molar-refractivity contribution in [2.24, 2.45) is 22.2 Å². The summed E-state index contributed by atoms with van der Waals surface area (Å²) in [4.78, 5) is 13.0. The van der Waals surface area contributed by atoms with Crippen LogP contribution in [0, 0.1) is 22.2 Å². The van der Waals surface area contributed by atoms with Crippen LogP contribution in [0.2, 0.25) is 0 Å². The van der Waals surface area contributed by atoms with Crippen LogP contribution in [0.1, 0.15) is 58.8 Å². The quantitative estimate of drug-likeness (QED) is 0.813. The van der Waals surface area contributed by atoms with Gasteiger partial charge in [0.25, 0.3) is 0 Å². The second kappa shape index (κ2) is 4.00. The molecule has 5 rings (SSSR count). The van der Waals surface area contributed by atoms with Crippen LogP contribution in [-0.2, 0) is 4.79 Å². The summed E-state index contributed by atoms with van der Waals surface area (Å²) < 4.78 is 0. The normalized spacial score (nSPS) is 53.3. The lowest BCUT2D eigenvalue weighted by Gasteiger charge is -2.64. The number of amides is 1. The van der Waals surface area contributed by atoms with Gasteiger partial charge in [0.15, 0.2) is 0 Å². The second-order valence-electron chi connectivity index (χ2n) is 9.07. The minimum absolute atomic E-state index is 0.0362. The van der Waals surface area contributed by atoms with E-state index in [1.807, 2.05) is 0 Å². The van der Waals surface area contributed by atoms with Crippen molar-refractivity contribution in [2.75, 3.05) is 13.1 Å². The Morgan fingerprint density at radius 2 is 1.80 bits per heavy atom. The first-order chi connectivity index (χ1) is 9.41. The Morgan fingerprint density at radius 3 is 2.35 bits per heavy atom.